The van der Waals surface area contributed by atoms with E-state index in [4.69, 9.17) is 9.47 Å². The maximum absolute atomic E-state index is 5.61. The minimum absolute atomic E-state index is 0.635. The van der Waals surface area contributed by atoms with Crippen molar-refractivity contribution in [2.75, 3.05) is 20.3 Å². The molecule has 0 heterocycles. The van der Waals surface area contributed by atoms with Gasteiger partial charge < -0.3 is 9.47 Å². The molecular formula is C17H20O2. The molecule has 2 nitrogen and oxygen atoms in total. The van der Waals surface area contributed by atoms with Gasteiger partial charge in [-0.05, 0) is 23.1 Å². The maximum Gasteiger partial charge on any atom is 0.0720 e. The average Bonchev–Trinajstić information content (AvgIpc) is 2.46. The van der Waals surface area contributed by atoms with E-state index >= 15 is 0 Å². The molecule has 0 N–H and O–H groups in total. The third-order valence-electron chi connectivity index (χ3n) is 3.05. The van der Waals surface area contributed by atoms with E-state index in [0.717, 1.165) is 6.42 Å². The van der Waals surface area contributed by atoms with Gasteiger partial charge in [0.15, 0.2) is 0 Å². The van der Waals surface area contributed by atoms with Crippen molar-refractivity contribution in [2.45, 2.75) is 13.0 Å². The lowest BCUT2D eigenvalue weighted by Crippen LogP contribution is -2.04. The molecule has 100 valence electrons. The highest BCUT2D eigenvalue weighted by Gasteiger charge is 2.03. The molecule has 2 aromatic rings. The highest BCUT2D eigenvalue weighted by molar-refractivity contribution is 5.32. The Kier molecular flexibility index (Phi) is 5.60. The van der Waals surface area contributed by atoms with Gasteiger partial charge in [0.1, 0.15) is 0 Å². The fourth-order valence-electron chi connectivity index (χ4n) is 2.01. The van der Waals surface area contributed by atoms with E-state index < -0.39 is 0 Å². The second kappa shape index (κ2) is 7.72. The predicted octanol–water partition coefficient (Wildman–Crippen LogP) is 3.44. The smallest absolute Gasteiger partial charge is 0.0720 e. The molecule has 2 heteroatoms. The van der Waals surface area contributed by atoms with Crippen LogP contribution in [0, 0.1) is 0 Å². The van der Waals surface area contributed by atoms with E-state index in [0.29, 0.717) is 19.8 Å². The van der Waals surface area contributed by atoms with Crippen LogP contribution in [-0.2, 0) is 22.5 Å². The molecule has 0 saturated carbocycles. The van der Waals surface area contributed by atoms with Crippen LogP contribution in [0.25, 0.3) is 0 Å². The van der Waals surface area contributed by atoms with Crippen LogP contribution in [0.2, 0.25) is 0 Å². The Hall–Kier alpha value is -1.64. The van der Waals surface area contributed by atoms with Gasteiger partial charge in [-0.25, -0.2) is 0 Å². The van der Waals surface area contributed by atoms with Crippen LogP contribution in [0.1, 0.15) is 16.7 Å². The van der Waals surface area contributed by atoms with E-state index in [9.17, 15) is 0 Å². The monoisotopic (exact) mass is 256 g/mol. The van der Waals surface area contributed by atoms with Gasteiger partial charge in [0.25, 0.3) is 0 Å². The summed E-state index contributed by atoms with van der Waals surface area (Å²) in [6.07, 6.45) is 0.949. The molecular weight excluding hydrogens is 236 g/mol. The lowest BCUT2D eigenvalue weighted by atomic mass is 10.0. The molecule has 0 bridgehead atoms. The van der Waals surface area contributed by atoms with Gasteiger partial charge in [0.2, 0.25) is 0 Å². The van der Waals surface area contributed by atoms with Crippen LogP contribution >= 0.6 is 0 Å². The zero-order valence-corrected chi connectivity index (χ0v) is 11.3. The van der Waals surface area contributed by atoms with Crippen molar-refractivity contribution in [3.8, 4) is 0 Å². The number of rotatable bonds is 7. The quantitative estimate of drug-likeness (QED) is 0.706. The Morgan fingerprint density at radius 2 is 1.47 bits per heavy atom. The fourth-order valence-corrected chi connectivity index (χ4v) is 2.01. The van der Waals surface area contributed by atoms with E-state index in [1.165, 1.54) is 16.7 Å². The fraction of sp³-hybridized carbons (Fsp3) is 0.294. The molecule has 0 radical (unpaired) electrons. The Balaban J connectivity index is 2.00. The first-order valence-corrected chi connectivity index (χ1v) is 6.57. The first-order valence-electron chi connectivity index (χ1n) is 6.57. The Labute approximate surface area is 115 Å². The van der Waals surface area contributed by atoms with Crippen molar-refractivity contribution >= 4 is 0 Å². The van der Waals surface area contributed by atoms with Gasteiger partial charge in [-0.15, -0.1) is 0 Å². The molecule has 2 aromatic carbocycles. The summed E-state index contributed by atoms with van der Waals surface area (Å²) < 4.78 is 10.6. The van der Waals surface area contributed by atoms with E-state index in [-0.39, 0.29) is 0 Å². The van der Waals surface area contributed by atoms with Crippen LogP contribution < -0.4 is 0 Å². The van der Waals surface area contributed by atoms with E-state index in [1.54, 1.807) is 7.11 Å². The van der Waals surface area contributed by atoms with E-state index in [1.807, 2.05) is 6.07 Å². The standard InChI is InChI=1S/C17H20O2/c1-18-11-12-19-14-17-10-6-5-9-16(17)13-15-7-3-2-4-8-15/h2-10H,11-14H2,1H3. The highest BCUT2D eigenvalue weighted by atomic mass is 16.5. The third-order valence-corrected chi connectivity index (χ3v) is 3.05. The first-order chi connectivity index (χ1) is 9.40. The second-order valence-corrected chi connectivity index (χ2v) is 4.48. The number of benzene rings is 2. The Morgan fingerprint density at radius 1 is 0.789 bits per heavy atom. The molecule has 0 fully saturated rings. The number of methoxy groups -OCH3 is 1. The van der Waals surface area contributed by atoms with Gasteiger partial charge in [-0.2, -0.15) is 0 Å². The van der Waals surface area contributed by atoms with Crippen molar-refractivity contribution in [3.05, 3.63) is 71.3 Å². The number of hydrogen-bond donors (Lipinski definition) is 0. The minimum atomic E-state index is 0.635. The Morgan fingerprint density at radius 3 is 2.21 bits per heavy atom. The van der Waals surface area contributed by atoms with Gasteiger partial charge in [-0.3, -0.25) is 0 Å². The summed E-state index contributed by atoms with van der Waals surface area (Å²) in [6.45, 7) is 1.92. The summed E-state index contributed by atoms with van der Waals surface area (Å²) in [4.78, 5) is 0. The zero-order valence-electron chi connectivity index (χ0n) is 11.3. The Bertz CT molecular complexity index is 480. The molecule has 0 aromatic heterocycles. The molecule has 0 atom stereocenters. The minimum Gasteiger partial charge on any atom is -0.382 e. The van der Waals surface area contributed by atoms with Crippen LogP contribution in [0.15, 0.2) is 54.6 Å². The van der Waals surface area contributed by atoms with Crippen molar-refractivity contribution in [3.63, 3.8) is 0 Å². The van der Waals surface area contributed by atoms with Crippen molar-refractivity contribution < 1.29 is 9.47 Å². The second-order valence-electron chi connectivity index (χ2n) is 4.48. The molecule has 2 rings (SSSR count). The van der Waals surface area contributed by atoms with Crippen molar-refractivity contribution in [1.82, 2.24) is 0 Å². The van der Waals surface area contributed by atoms with Crippen LogP contribution in [0.3, 0.4) is 0 Å². The van der Waals surface area contributed by atoms with Crippen molar-refractivity contribution in [2.24, 2.45) is 0 Å². The lowest BCUT2D eigenvalue weighted by molar-refractivity contribution is 0.0614. The molecule has 0 saturated heterocycles. The predicted molar refractivity (Wildman–Crippen MR) is 77.2 cm³/mol. The highest BCUT2D eigenvalue weighted by Crippen LogP contribution is 2.15. The van der Waals surface area contributed by atoms with Gasteiger partial charge >= 0.3 is 0 Å². The third kappa shape index (κ3) is 4.51. The summed E-state index contributed by atoms with van der Waals surface area (Å²) in [5.74, 6) is 0. The van der Waals surface area contributed by atoms with Crippen LogP contribution in [0.5, 0.6) is 0 Å². The first kappa shape index (κ1) is 13.8. The zero-order chi connectivity index (χ0) is 13.3. The summed E-state index contributed by atoms with van der Waals surface area (Å²) in [5, 5.41) is 0. The van der Waals surface area contributed by atoms with Crippen LogP contribution in [0.4, 0.5) is 0 Å². The number of ether oxygens (including phenoxy) is 2. The largest absolute Gasteiger partial charge is 0.382 e. The molecule has 19 heavy (non-hydrogen) atoms. The van der Waals surface area contributed by atoms with E-state index in [2.05, 4.69) is 48.5 Å². The number of hydrogen-bond acceptors (Lipinski definition) is 2. The SMILES string of the molecule is COCCOCc1ccccc1Cc1ccccc1. The van der Waals surface area contributed by atoms with Crippen molar-refractivity contribution in [1.29, 1.82) is 0 Å². The summed E-state index contributed by atoms with van der Waals surface area (Å²) >= 11 is 0. The molecule has 0 aliphatic heterocycles. The molecule has 0 amide bonds. The molecule has 0 aliphatic rings. The summed E-state index contributed by atoms with van der Waals surface area (Å²) in [5.41, 5.74) is 3.90. The molecule has 0 unspecified atom stereocenters. The normalized spacial score (nSPS) is 10.6. The molecule has 0 spiro atoms. The van der Waals surface area contributed by atoms with Gasteiger partial charge in [0, 0.05) is 7.11 Å². The summed E-state index contributed by atoms with van der Waals surface area (Å²) in [6, 6.07) is 18.9. The lowest BCUT2D eigenvalue weighted by Gasteiger charge is -2.10. The average molecular weight is 256 g/mol. The summed E-state index contributed by atoms with van der Waals surface area (Å²) in [7, 11) is 1.69. The maximum atomic E-state index is 5.61. The van der Waals surface area contributed by atoms with Gasteiger partial charge in [-0.1, -0.05) is 54.6 Å². The molecule has 0 aliphatic carbocycles. The van der Waals surface area contributed by atoms with Crippen LogP contribution in [-0.4, -0.2) is 20.3 Å². The van der Waals surface area contributed by atoms with Gasteiger partial charge in [0.05, 0.1) is 19.8 Å². The topological polar surface area (TPSA) is 18.5 Å².